The van der Waals surface area contributed by atoms with Crippen molar-refractivity contribution in [3.05, 3.63) is 107 Å². The van der Waals surface area contributed by atoms with Crippen molar-refractivity contribution in [2.75, 3.05) is 0 Å². The van der Waals surface area contributed by atoms with Gasteiger partial charge in [-0.1, -0.05) is 86.6 Å². The summed E-state index contributed by atoms with van der Waals surface area (Å²) in [7, 11) is 0. The molecule has 2 aromatic heterocycles. The summed E-state index contributed by atoms with van der Waals surface area (Å²) in [5.74, 6) is 0. The first-order valence-corrected chi connectivity index (χ1v) is 14.8. The van der Waals surface area contributed by atoms with Crippen molar-refractivity contribution in [3.8, 4) is 22.3 Å². The Morgan fingerprint density at radius 3 is 2.10 bits per heavy atom. The quantitative estimate of drug-likeness (QED) is 0.161. The first kappa shape index (κ1) is 25.1. The minimum absolute atomic E-state index is 0.00321. The molecule has 2 nitrogen and oxygen atoms in total. The largest absolute Gasteiger partial charge is 0.198 e. The van der Waals surface area contributed by atoms with Gasteiger partial charge in [0.2, 0.25) is 0 Å². The van der Waals surface area contributed by atoms with E-state index in [-0.39, 0.29) is 11.0 Å². The Hall–Kier alpha value is -3.91. The Morgan fingerprint density at radius 2 is 1.43 bits per heavy atom. The molecular weight excluding hydrogens is 484 g/mol. The van der Waals surface area contributed by atoms with Crippen LogP contribution in [0.2, 0.25) is 0 Å². The van der Waals surface area contributed by atoms with Crippen LogP contribution >= 0.6 is 0 Å². The monoisotopic (exact) mass is 523 g/mol. The van der Waals surface area contributed by atoms with Crippen LogP contribution in [0.1, 0.15) is 62.8 Å². The van der Waals surface area contributed by atoms with Crippen LogP contribution in [0.5, 0.6) is 0 Å². The Morgan fingerprint density at radius 1 is 0.700 bits per heavy atom. The van der Waals surface area contributed by atoms with Crippen molar-refractivity contribution < 1.29 is 4.68 Å². The number of pyridine rings is 1. The number of fused-ring (bicyclic) bond motifs is 3. The minimum Gasteiger partial charge on any atom is -0.119 e. The molecule has 6 aromatic rings. The summed E-state index contributed by atoms with van der Waals surface area (Å²) in [6, 6.07) is 29.6. The molecule has 0 spiro atoms. The third-order valence-electron chi connectivity index (χ3n) is 10.6. The summed E-state index contributed by atoms with van der Waals surface area (Å²) in [6.45, 7) is 16.5. The fourth-order valence-electron chi connectivity index (χ4n) is 8.00. The SMILES string of the molecule is CCC1(C)c2ccc(-c3c(C)cc(-c4ccccc4)cc3C)c3c4cccc(C)c4c4cc[n+](n4c23)[C@]1(C)CC. The number of benzene rings is 4. The van der Waals surface area contributed by atoms with Gasteiger partial charge in [0.25, 0.3) is 0 Å². The molecule has 200 valence electrons. The van der Waals surface area contributed by atoms with E-state index in [0.29, 0.717) is 0 Å². The van der Waals surface area contributed by atoms with Crippen molar-refractivity contribution in [3.63, 3.8) is 0 Å². The van der Waals surface area contributed by atoms with Crippen molar-refractivity contribution in [2.45, 2.75) is 72.3 Å². The second kappa shape index (κ2) is 8.54. The van der Waals surface area contributed by atoms with E-state index in [1.807, 2.05) is 0 Å². The second-order valence-corrected chi connectivity index (χ2v) is 12.4. The fourth-order valence-corrected chi connectivity index (χ4v) is 8.00. The van der Waals surface area contributed by atoms with E-state index in [1.165, 1.54) is 71.7 Å². The first-order chi connectivity index (χ1) is 19.2. The lowest BCUT2D eigenvalue weighted by Gasteiger charge is -2.44. The molecule has 7 rings (SSSR count). The zero-order valence-corrected chi connectivity index (χ0v) is 24.9. The lowest BCUT2D eigenvalue weighted by Crippen LogP contribution is -2.68. The number of rotatable bonds is 4. The van der Waals surface area contributed by atoms with Crippen molar-refractivity contribution >= 4 is 27.2 Å². The van der Waals surface area contributed by atoms with E-state index >= 15 is 0 Å². The van der Waals surface area contributed by atoms with E-state index in [4.69, 9.17) is 0 Å². The molecular formula is C38H39N2+. The zero-order chi connectivity index (χ0) is 28.0. The Bertz CT molecular complexity index is 1950. The summed E-state index contributed by atoms with van der Waals surface area (Å²) >= 11 is 0. The molecule has 1 unspecified atom stereocenters. The summed E-state index contributed by atoms with van der Waals surface area (Å²) in [5.41, 5.74) is 13.3. The van der Waals surface area contributed by atoms with Gasteiger partial charge >= 0.3 is 0 Å². The summed E-state index contributed by atoms with van der Waals surface area (Å²) in [4.78, 5) is 0. The number of aromatic nitrogens is 2. The lowest BCUT2D eigenvalue weighted by atomic mass is 9.63. The van der Waals surface area contributed by atoms with Crippen LogP contribution in [0.25, 0.3) is 49.4 Å². The number of hydrogen-bond donors (Lipinski definition) is 0. The molecule has 40 heavy (non-hydrogen) atoms. The highest BCUT2D eigenvalue weighted by Gasteiger charge is 2.56. The third kappa shape index (κ3) is 3.02. The fraction of sp³-hybridized carbons (Fsp3) is 0.289. The van der Waals surface area contributed by atoms with Gasteiger partial charge in [-0.05, 0) is 84.0 Å². The van der Waals surface area contributed by atoms with Gasteiger partial charge in [-0.15, -0.1) is 9.20 Å². The van der Waals surface area contributed by atoms with Crippen LogP contribution in [0.15, 0.2) is 85.1 Å². The molecule has 1 aliphatic heterocycles. The topological polar surface area (TPSA) is 8.29 Å². The predicted molar refractivity (Wildman–Crippen MR) is 169 cm³/mol. The molecule has 3 heterocycles. The average Bonchev–Trinajstić information content (AvgIpc) is 3.42. The van der Waals surface area contributed by atoms with Crippen LogP contribution in [0.3, 0.4) is 0 Å². The van der Waals surface area contributed by atoms with E-state index in [9.17, 15) is 0 Å². The third-order valence-corrected chi connectivity index (χ3v) is 10.6. The first-order valence-electron chi connectivity index (χ1n) is 14.8. The van der Waals surface area contributed by atoms with Crippen LogP contribution in [0.4, 0.5) is 0 Å². The van der Waals surface area contributed by atoms with E-state index in [1.54, 1.807) is 0 Å². The second-order valence-electron chi connectivity index (χ2n) is 12.4. The van der Waals surface area contributed by atoms with Gasteiger partial charge in [0, 0.05) is 30.2 Å². The molecule has 0 radical (unpaired) electrons. The van der Waals surface area contributed by atoms with E-state index < -0.39 is 0 Å². The van der Waals surface area contributed by atoms with E-state index in [2.05, 4.69) is 143 Å². The van der Waals surface area contributed by atoms with Gasteiger partial charge in [-0.3, -0.25) is 0 Å². The standard InChI is InChI=1S/C38H39N2/c1-8-37(6)31-19-18-30(33-25(4)22-28(23-26(33)5)27-15-11-10-12-16-27)35-29-17-13-14-24(3)34(29)32-20-21-39(38(37,7)9-2)40(32)36(31)35/h10-23H,8-9H2,1-7H3/q+1/t37?,38-/m1/s1. The van der Waals surface area contributed by atoms with Gasteiger partial charge in [0.05, 0.1) is 5.41 Å². The minimum atomic E-state index is -0.0326. The number of aryl methyl sites for hydroxylation is 3. The molecule has 0 bridgehead atoms. The number of nitrogens with zero attached hydrogens (tertiary/aromatic N) is 2. The summed E-state index contributed by atoms with van der Waals surface area (Å²) < 4.78 is 5.13. The molecule has 0 saturated heterocycles. The van der Waals surface area contributed by atoms with Gasteiger partial charge in [-0.2, -0.15) is 0 Å². The molecule has 1 aliphatic rings. The highest BCUT2D eigenvalue weighted by molar-refractivity contribution is 6.19. The maximum Gasteiger partial charge on any atom is 0.198 e. The smallest absolute Gasteiger partial charge is 0.119 e. The molecule has 4 aromatic carbocycles. The van der Waals surface area contributed by atoms with Crippen molar-refractivity contribution in [1.82, 2.24) is 4.52 Å². The molecule has 0 N–H and O–H groups in total. The number of hydrogen-bond acceptors (Lipinski definition) is 0. The van der Waals surface area contributed by atoms with Crippen molar-refractivity contribution in [2.24, 2.45) is 0 Å². The van der Waals surface area contributed by atoms with Crippen LogP contribution in [-0.4, -0.2) is 4.52 Å². The predicted octanol–water partition coefficient (Wildman–Crippen LogP) is 9.60. The van der Waals surface area contributed by atoms with Crippen LogP contribution in [-0.2, 0) is 11.0 Å². The Labute approximate surface area is 237 Å². The molecule has 2 heteroatoms. The molecule has 2 atom stereocenters. The highest BCUT2D eigenvalue weighted by atomic mass is 15.4. The van der Waals surface area contributed by atoms with Gasteiger partial charge in [-0.25, -0.2) is 0 Å². The zero-order valence-electron chi connectivity index (χ0n) is 24.9. The highest BCUT2D eigenvalue weighted by Crippen LogP contribution is 2.51. The average molecular weight is 524 g/mol. The summed E-state index contributed by atoms with van der Waals surface area (Å²) in [5, 5.41) is 4.10. The lowest BCUT2D eigenvalue weighted by molar-refractivity contribution is -0.828. The van der Waals surface area contributed by atoms with Crippen molar-refractivity contribution in [1.29, 1.82) is 0 Å². The molecule has 0 fully saturated rings. The summed E-state index contributed by atoms with van der Waals surface area (Å²) in [6.07, 6.45) is 4.50. The Kier molecular flexibility index (Phi) is 5.36. The van der Waals surface area contributed by atoms with Gasteiger partial charge in [0.15, 0.2) is 11.7 Å². The van der Waals surface area contributed by atoms with Crippen LogP contribution < -0.4 is 4.68 Å². The van der Waals surface area contributed by atoms with E-state index in [0.717, 1.165) is 12.8 Å². The molecule has 0 amide bonds. The Balaban J connectivity index is 1.67. The molecule has 0 aliphatic carbocycles. The molecule has 0 saturated carbocycles. The maximum absolute atomic E-state index is 2.56. The normalized spacial score (nSPS) is 20.3. The van der Waals surface area contributed by atoms with Crippen LogP contribution in [0, 0.1) is 20.8 Å². The van der Waals surface area contributed by atoms with Gasteiger partial charge < -0.3 is 0 Å². The van der Waals surface area contributed by atoms with Gasteiger partial charge in [0.1, 0.15) is 11.0 Å². The maximum atomic E-state index is 2.56.